The van der Waals surface area contributed by atoms with Gasteiger partial charge in [0.25, 0.3) is 0 Å². The topological polar surface area (TPSA) is 20.2 Å². The fraction of sp³-hybridized carbons (Fsp3) is 0.167. The van der Waals surface area contributed by atoms with Gasteiger partial charge in [-0.25, -0.2) is 43.9 Å². The molecule has 0 spiro atoms. The first-order chi connectivity index (χ1) is 10.5. The Kier molecular flexibility index (Phi) is 3.95. The van der Waals surface area contributed by atoms with Gasteiger partial charge in [-0.1, -0.05) is 0 Å². The Morgan fingerprint density at radius 3 is 1.48 bits per heavy atom. The van der Waals surface area contributed by atoms with Crippen molar-refractivity contribution in [2.45, 2.75) is 11.8 Å². The van der Waals surface area contributed by atoms with Gasteiger partial charge in [0.05, 0.1) is 5.56 Å². The van der Waals surface area contributed by atoms with Crippen LogP contribution in [0.15, 0.2) is 23.3 Å². The molecule has 0 aliphatic heterocycles. The van der Waals surface area contributed by atoms with Crippen molar-refractivity contribution in [3.8, 4) is 0 Å². The van der Waals surface area contributed by atoms with E-state index in [0.29, 0.717) is 0 Å². The predicted octanol–water partition coefficient (Wildman–Crippen LogP) is 4.22. The van der Waals surface area contributed by atoms with Crippen molar-refractivity contribution in [1.82, 2.24) is 0 Å². The van der Waals surface area contributed by atoms with Crippen molar-refractivity contribution in [1.29, 1.82) is 0 Å². The molecule has 1 aliphatic carbocycles. The molecule has 0 fully saturated rings. The maximum Gasteiger partial charge on any atom is 0.200 e. The summed E-state index contributed by atoms with van der Waals surface area (Å²) in [4.78, 5) is 0. The van der Waals surface area contributed by atoms with Crippen LogP contribution in [-0.4, -0.2) is 11.3 Å². The van der Waals surface area contributed by atoms with Crippen LogP contribution < -0.4 is 0 Å². The quantitative estimate of drug-likeness (QED) is 0.456. The Morgan fingerprint density at radius 2 is 1.04 bits per heavy atom. The van der Waals surface area contributed by atoms with Gasteiger partial charge in [0.15, 0.2) is 58.3 Å². The van der Waals surface area contributed by atoms with Crippen molar-refractivity contribution in [3.63, 3.8) is 0 Å². The summed E-state index contributed by atoms with van der Waals surface area (Å²) in [6.45, 7) is 0. The molecule has 0 bridgehead atoms. The summed E-state index contributed by atoms with van der Waals surface area (Å²) in [5, 5.41) is 9.62. The number of aliphatic hydroxyl groups is 1. The molecule has 0 amide bonds. The molecular weight excluding hydrogens is 350 g/mol. The highest BCUT2D eigenvalue weighted by Gasteiger charge is 2.57. The number of allylic oxidation sites excluding steroid dienone is 2. The second-order valence-corrected chi connectivity index (χ2v) is 4.36. The zero-order valence-corrected chi connectivity index (χ0v) is 10.3. The third-order valence-corrected chi connectivity index (χ3v) is 3.11. The van der Waals surface area contributed by atoms with E-state index in [1.807, 2.05) is 0 Å². The van der Waals surface area contributed by atoms with Gasteiger partial charge in [0.1, 0.15) is 0 Å². The summed E-state index contributed by atoms with van der Waals surface area (Å²) in [5.41, 5.74) is -7.23. The summed E-state index contributed by atoms with van der Waals surface area (Å²) in [5.74, 6) is -25.6. The number of hydrogen-bond donors (Lipinski definition) is 1. The Balaban J connectivity index is 2.92. The summed E-state index contributed by atoms with van der Waals surface area (Å²) in [6, 6.07) is 0. The van der Waals surface area contributed by atoms with Crippen LogP contribution >= 0.6 is 0 Å². The van der Waals surface area contributed by atoms with Crippen LogP contribution in [0.5, 0.6) is 0 Å². The minimum atomic E-state index is -4.63. The molecule has 0 saturated heterocycles. The lowest BCUT2D eigenvalue weighted by Gasteiger charge is -2.32. The standard InChI is InChI=1S/C12H2F10O/c13-2-1(3(14)5(16)6(17)4(2)15)12(23)10(21)8(19)7(18)9(20)11(12)22/h10,23H. The van der Waals surface area contributed by atoms with Crippen LogP contribution in [-0.2, 0) is 5.60 Å². The van der Waals surface area contributed by atoms with Gasteiger partial charge in [-0.3, -0.25) is 0 Å². The Labute approximate surface area is 120 Å². The maximum atomic E-state index is 13.7. The predicted molar refractivity (Wildman–Crippen MR) is 53.5 cm³/mol. The van der Waals surface area contributed by atoms with E-state index in [0.717, 1.165) is 0 Å². The summed E-state index contributed by atoms with van der Waals surface area (Å²) in [6.07, 6.45) is -4.00. The number of hydrogen-bond acceptors (Lipinski definition) is 1. The van der Waals surface area contributed by atoms with Crippen LogP contribution in [0, 0.1) is 29.1 Å². The molecule has 2 rings (SSSR count). The molecule has 0 aromatic heterocycles. The normalized spacial score (nSPS) is 25.4. The second-order valence-electron chi connectivity index (χ2n) is 4.36. The lowest BCUT2D eigenvalue weighted by molar-refractivity contribution is -0.0337. The van der Waals surface area contributed by atoms with Crippen molar-refractivity contribution < 1.29 is 49.0 Å². The Hall–Kier alpha value is -2.04. The van der Waals surface area contributed by atoms with Gasteiger partial charge in [-0.2, -0.15) is 0 Å². The van der Waals surface area contributed by atoms with Crippen molar-refractivity contribution in [2.75, 3.05) is 0 Å². The van der Waals surface area contributed by atoms with E-state index in [2.05, 4.69) is 0 Å². The van der Waals surface area contributed by atoms with E-state index < -0.39 is 69.7 Å². The zero-order valence-electron chi connectivity index (χ0n) is 10.3. The molecule has 11 heteroatoms. The highest BCUT2D eigenvalue weighted by atomic mass is 19.2. The highest BCUT2D eigenvalue weighted by molar-refractivity contribution is 5.46. The number of alkyl halides is 1. The molecule has 1 N–H and O–H groups in total. The van der Waals surface area contributed by atoms with Crippen molar-refractivity contribution in [2.24, 2.45) is 0 Å². The SMILES string of the molecule is OC1(c2c(F)c(F)c(F)c(F)c2F)C(F)=C(F)C(F)=C(F)C1F. The van der Waals surface area contributed by atoms with Crippen molar-refractivity contribution >= 4 is 0 Å². The van der Waals surface area contributed by atoms with E-state index in [4.69, 9.17) is 0 Å². The van der Waals surface area contributed by atoms with Gasteiger partial charge in [0.2, 0.25) is 5.82 Å². The fourth-order valence-corrected chi connectivity index (χ4v) is 1.95. The fourth-order valence-electron chi connectivity index (χ4n) is 1.95. The van der Waals surface area contributed by atoms with Crippen LogP contribution in [0.1, 0.15) is 5.56 Å². The van der Waals surface area contributed by atoms with Crippen LogP contribution in [0.2, 0.25) is 0 Å². The molecule has 1 aromatic carbocycles. The van der Waals surface area contributed by atoms with Gasteiger partial charge in [-0.05, 0) is 0 Å². The molecule has 0 heterocycles. The third kappa shape index (κ3) is 2.06. The lowest BCUT2D eigenvalue weighted by atomic mass is 9.82. The van der Waals surface area contributed by atoms with Crippen molar-refractivity contribution in [3.05, 3.63) is 58.0 Å². The smallest absolute Gasteiger partial charge is 0.200 e. The molecular formula is C12H2F10O. The molecule has 2 unspecified atom stereocenters. The molecule has 2 atom stereocenters. The Bertz CT molecular complexity index is 739. The van der Waals surface area contributed by atoms with Gasteiger partial charge >= 0.3 is 0 Å². The lowest BCUT2D eigenvalue weighted by Crippen LogP contribution is -2.43. The number of rotatable bonds is 1. The Morgan fingerprint density at radius 1 is 0.652 bits per heavy atom. The van der Waals surface area contributed by atoms with E-state index in [1.54, 1.807) is 0 Å². The van der Waals surface area contributed by atoms with Gasteiger partial charge in [0, 0.05) is 0 Å². The number of halogens is 10. The molecule has 126 valence electrons. The molecule has 1 aliphatic rings. The van der Waals surface area contributed by atoms with E-state index in [1.165, 1.54) is 0 Å². The minimum absolute atomic E-state index is 2.60. The zero-order chi connectivity index (χ0) is 17.9. The third-order valence-electron chi connectivity index (χ3n) is 3.11. The monoisotopic (exact) mass is 352 g/mol. The first kappa shape index (κ1) is 17.3. The second kappa shape index (κ2) is 5.25. The van der Waals surface area contributed by atoms with Crippen LogP contribution in [0.4, 0.5) is 43.9 Å². The summed E-state index contributed by atoms with van der Waals surface area (Å²) < 4.78 is 132. The molecule has 0 radical (unpaired) electrons. The summed E-state index contributed by atoms with van der Waals surface area (Å²) in [7, 11) is 0. The molecule has 1 aromatic rings. The first-order valence-corrected chi connectivity index (χ1v) is 5.47. The summed E-state index contributed by atoms with van der Waals surface area (Å²) >= 11 is 0. The first-order valence-electron chi connectivity index (χ1n) is 5.47. The van der Waals surface area contributed by atoms with Crippen LogP contribution in [0.25, 0.3) is 0 Å². The van der Waals surface area contributed by atoms with Crippen LogP contribution in [0.3, 0.4) is 0 Å². The van der Waals surface area contributed by atoms with E-state index in [-0.39, 0.29) is 0 Å². The van der Waals surface area contributed by atoms with E-state index in [9.17, 15) is 49.0 Å². The molecule has 0 saturated carbocycles. The van der Waals surface area contributed by atoms with Gasteiger partial charge in [-0.15, -0.1) is 0 Å². The van der Waals surface area contributed by atoms with Gasteiger partial charge < -0.3 is 5.11 Å². The van der Waals surface area contributed by atoms with E-state index >= 15 is 0 Å². The average molecular weight is 352 g/mol. The highest BCUT2D eigenvalue weighted by Crippen LogP contribution is 2.49. The maximum absolute atomic E-state index is 13.7. The minimum Gasteiger partial charge on any atom is -0.374 e. The molecule has 1 nitrogen and oxygen atoms in total. The average Bonchev–Trinajstić information content (AvgIpc) is 2.53. The molecule has 23 heavy (non-hydrogen) atoms. The number of benzene rings is 1. The largest absolute Gasteiger partial charge is 0.374 e.